The van der Waals surface area contributed by atoms with Crippen LogP contribution in [0.4, 0.5) is 5.69 Å². The van der Waals surface area contributed by atoms with E-state index in [1.165, 1.54) is 0 Å². The topological polar surface area (TPSA) is 74.3 Å². The van der Waals surface area contributed by atoms with E-state index in [9.17, 15) is 9.59 Å². The number of nitrogens with zero attached hydrogens (tertiary/aromatic N) is 2. The Morgan fingerprint density at radius 3 is 2.72 bits per heavy atom. The number of aromatic nitrogens is 1. The van der Waals surface area contributed by atoms with E-state index < -0.39 is 0 Å². The Labute approximate surface area is 147 Å². The summed E-state index contributed by atoms with van der Waals surface area (Å²) in [5.74, 6) is -0.304. The number of hydrogen-bond donors (Lipinski definition) is 2. The van der Waals surface area contributed by atoms with Crippen LogP contribution in [0.1, 0.15) is 33.2 Å². The minimum atomic E-state index is -0.251. The third kappa shape index (κ3) is 3.85. The predicted octanol–water partition coefficient (Wildman–Crippen LogP) is 2.08. The molecule has 1 fully saturated rings. The first-order valence-corrected chi connectivity index (χ1v) is 8.40. The standard InChI is InChI=1S/C19H22N4O2/c1-13-4-3-5-16(19(25)23-11-10-21-14(2)12-23)17(13)22-18(24)15-6-8-20-9-7-15/h3-9,14,21H,10-12H2,1-2H3,(H,22,24). The number of amides is 2. The van der Waals surface area contributed by atoms with Crippen molar-refractivity contribution in [3.63, 3.8) is 0 Å². The van der Waals surface area contributed by atoms with Gasteiger partial charge in [0.25, 0.3) is 11.8 Å². The highest BCUT2D eigenvalue weighted by molar-refractivity contribution is 6.09. The zero-order chi connectivity index (χ0) is 17.8. The van der Waals surface area contributed by atoms with E-state index in [2.05, 4.69) is 22.5 Å². The Bertz CT molecular complexity index is 776. The van der Waals surface area contributed by atoms with Gasteiger partial charge in [-0.2, -0.15) is 0 Å². The molecule has 1 aromatic carbocycles. The van der Waals surface area contributed by atoms with Gasteiger partial charge in [0.1, 0.15) is 0 Å². The van der Waals surface area contributed by atoms with Gasteiger partial charge in [0.15, 0.2) is 0 Å². The summed E-state index contributed by atoms with van der Waals surface area (Å²) in [6.45, 7) is 6.04. The molecule has 0 radical (unpaired) electrons. The molecule has 2 N–H and O–H groups in total. The second kappa shape index (κ2) is 7.44. The molecule has 130 valence electrons. The summed E-state index contributed by atoms with van der Waals surface area (Å²) in [6.07, 6.45) is 3.14. The number of anilines is 1. The number of hydrogen-bond acceptors (Lipinski definition) is 4. The Balaban J connectivity index is 1.87. The number of para-hydroxylation sites is 1. The Hall–Kier alpha value is -2.73. The summed E-state index contributed by atoms with van der Waals surface area (Å²) in [6, 6.07) is 9.05. The fourth-order valence-electron chi connectivity index (χ4n) is 2.99. The minimum Gasteiger partial charge on any atom is -0.336 e. The van der Waals surface area contributed by atoms with Crippen LogP contribution in [0.5, 0.6) is 0 Å². The highest BCUT2D eigenvalue weighted by Crippen LogP contribution is 2.23. The predicted molar refractivity (Wildman–Crippen MR) is 96.7 cm³/mol. The van der Waals surface area contributed by atoms with Crippen LogP contribution in [0.3, 0.4) is 0 Å². The molecule has 1 saturated heterocycles. The first kappa shape index (κ1) is 17.1. The molecular formula is C19H22N4O2. The average molecular weight is 338 g/mol. The zero-order valence-corrected chi connectivity index (χ0v) is 14.5. The van der Waals surface area contributed by atoms with Gasteiger partial charge in [0, 0.05) is 43.6 Å². The molecule has 1 atom stereocenters. The summed E-state index contributed by atoms with van der Waals surface area (Å²) >= 11 is 0. The molecule has 25 heavy (non-hydrogen) atoms. The molecule has 0 spiro atoms. The van der Waals surface area contributed by atoms with Crippen molar-refractivity contribution in [3.05, 3.63) is 59.4 Å². The van der Waals surface area contributed by atoms with Gasteiger partial charge in [0.05, 0.1) is 11.3 Å². The first-order chi connectivity index (χ1) is 12.1. The van der Waals surface area contributed by atoms with Gasteiger partial charge < -0.3 is 15.5 Å². The SMILES string of the molecule is Cc1cccc(C(=O)N2CCNC(C)C2)c1NC(=O)c1ccncc1. The third-order valence-electron chi connectivity index (χ3n) is 4.34. The van der Waals surface area contributed by atoms with Gasteiger partial charge in [-0.1, -0.05) is 12.1 Å². The number of benzene rings is 1. The second-order valence-electron chi connectivity index (χ2n) is 6.29. The number of nitrogens with one attached hydrogen (secondary N) is 2. The minimum absolute atomic E-state index is 0.0536. The van der Waals surface area contributed by atoms with E-state index in [0.29, 0.717) is 29.9 Å². The van der Waals surface area contributed by atoms with Crippen LogP contribution < -0.4 is 10.6 Å². The molecule has 1 unspecified atom stereocenters. The van der Waals surface area contributed by atoms with Crippen LogP contribution in [0.15, 0.2) is 42.7 Å². The second-order valence-corrected chi connectivity index (χ2v) is 6.29. The number of aryl methyl sites for hydroxylation is 1. The van der Waals surface area contributed by atoms with Gasteiger partial charge in [-0.3, -0.25) is 14.6 Å². The molecule has 3 rings (SSSR count). The van der Waals surface area contributed by atoms with Crippen LogP contribution in [-0.4, -0.2) is 47.4 Å². The molecule has 1 aromatic heterocycles. The van der Waals surface area contributed by atoms with Crippen LogP contribution in [0.2, 0.25) is 0 Å². The number of pyridine rings is 1. The van der Waals surface area contributed by atoms with Crippen molar-refractivity contribution < 1.29 is 9.59 Å². The van der Waals surface area contributed by atoms with Crippen molar-refractivity contribution >= 4 is 17.5 Å². The molecule has 1 aliphatic heterocycles. The van der Waals surface area contributed by atoms with Gasteiger partial charge in [-0.25, -0.2) is 0 Å². The van der Waals surface area contributed by atoms with Crippen LogP contribution in [0.25, 0.3) is 0 Å². The van der Waals surface area contributed by atoms with Crippen molar-refractivity contribution in [2.24, 2.45) is 0 Å². The Morgan fingerprint density at radius 2 is 2.00 bits per heavy atom. The lowest BCUT2D eigenvalue weighted by Gasteiger charge is -2.32. The quantitative estimate of drug-likeness (QED) is 0.898. The molecule has 2 amide bonds. The van der Waals surface area contributed by atoms with Crippen molar-refractivity contribution in [1.29, 1.82) is 0 Å². The van der Waals surface area contributed by atoms with Gasteiger partial charge in [-0.05, 0) is 37.6 Å². The fourth-order valence-corrected chi connectivity index (χ4v) is 2.99. The van der Waals surface area contributed by atoms with Crippen molar-refractivity contribution in [3.8, 4) is 0 Å². The fraction of sp³-hybridized carbons (Fsp3) is 0.316. The highest BCUT2D eigenvalue weighted by atomic mass is 16.2. The largest absolute Gasteiger partial charge is 0.336 e. The van der Waals surface area contributed by atoms with Gasteiger partial charge in [-0.15, -0.1) is 0 Å². The van der Waals surface area contributed by atoms with Crippen molar-refractivity contribution in [1.82, 2.24) is 15.2 Å². The van der Waals surface area contributed by atoms with E-state index in [0.717, 1.165) is 12.1 Å². The molecule has 2 aromatic rings. The number of piperazine rings is 1. The molecule has 0 bridgehead atoms. The maximum atomic E-state index is 13.0. The highest BCUT2D eigenvalue weighted by Gasteiger charge is 2.24. The lowest BCUT2D eigenvalue weighted by atomic mass is 10.1. The maximum Gasteiger partial charge on any atom is 0.256 e. The molecule has 2 heterocycles. The van der Waals surface area contributed by atoms with Crippen LogP contribution in [-0.2, 0) is 0 Å². The van der Waals surface area contributed by atoms with Crippen LogP contribution in [0, 0.1) is 6.92 Å². The van der Waals surface area contributed by atoms with E-state index >= 15 is 0 Å². The van der Waals surface area contributed by atoms with Crippen molar-refractivity contribution in [2.45, 2.75) is 19.9 Å². The van der Waals surface area contributed by atoms with E-state index in [-0.39, 0.29) is 17.9 Å². The zero-order valence-electron chi connectivity index (χ0n) is 14.5. The summed E-state index contributed by atoms with van der Waals surface area (Å²) in [4.78, 5) is 31.2. The maximum absolute atomic E-state index is 13.0. The van der Waals surface area contributed by atoms with Crippen molar-refractivity contribution in [2.75, 3.05) is 25.0 Å². The smallest absolute Gasteiger partial charge is 0.256 e. The third-order valence-corrected chi connectivity index (χ3v) is 4.34. The monoisotopic (exact) mass is 338 g/mol. The summed E-state index contributed by atoms with van der Waals surface area (Å²) in [5.41, 5.74) is 2.46. The number of rotatable bonds is 3. The summed E-state index contributed by atoms with van der Waals surface area (Å²) < 4.78 is 0. The lowest BCUT2D eigenvalue weighted by molar-refractivity contribution is 0.0710. The van der Waals surface area contributed by atoms with E-state index in [1.54, 1.807) is 30.6 Å². The molecule has 6 nitrogen and oxygen atoms in total. The Morgan fingerprint density at radius 1 is 1.24 bits per heavy atom. The molecule has 0 saturated carbocycles. The van der Waals surface area contributed by atoms with E-state index in [1.807, 2.05) is 24.0 Å². The first-order valence-electron chi connectivity index (χ1n) is 8.40. The summed E-state index contributed by atoms with van der Waals surface area (Å²) in [5, 5.41) is 6.22. The lowest BCUT2D eigenvalue weighted by Crippen LogP contribution is -2.51. The molecular weight excluding hydrogens is 316 g/mol. The average Bonchev–Trinajstić information content (AvgIpc) is 2.63. The summed E-state index contributed by atoms with van der Waals surface area (Å²) in [7, 11) is 0. The van der Waals surface area contributed by atoms with Crippen LogP contribution >= 0.6 is 0 Å². The molecule has 1 aliphatic rings. The Kier molecular flexibility index (Phi) is 5.09. The normalized spacial score (nSPS) is 17.2. The van der Waals surface area contributed by atoms with Gasteiger partial charge >= 0.3 is 0 Å². The van der Waals surface area contributed by atoms with Gasteiger partial charge in [0.2, 0.25) is 0 Å². The van der Waals surface area contributed by atoms with E-state index in [4.69, 9.17) is 0 Å². The number of carbonyl (C=O) groups is 2. The molecule has 6 heteroatoms. The molecule has 0 aliphatic carbocycles. The number of carbonyl (C=O) groups excluding carboxylic acids is 2.